The average Bonchev–Trinajstić information content (AvgIpc) is 3.02. The quantitative estimate of drug-likeness (QED) is 0.418. The Morgan fingerprint density at radius 3 is 2.28 bits per heavy atom. The van der Waals surface area contributed by atoms with Crippen molar-refractivity contribution in [3.63, 3.8) is 0 Å². The molecule has 29 heavy (non-hydrogen) atoms. The normalized spacial score (nSPS) is 11.8. The summed E-state index contributed by atoms with van der Waals surface area (Å²) >= 11 is 4.80. The lowest BCUT2D eigenvalue weighted by molar-refractivity contribution is 0.0693. The molecule has 1 atom stereocenters. The summed E-state index contributed by atoms with van der Waals surface area (Å²) in [6.45, 7) is 0. The number of aromatic carboxylic acids is 1. The van der Waals surface area contributed by atoms with Gasteiger partial charge in [-0.15, -0.1) is 11.3 Å². The molecule has 0 aliphatic carbocycles. The number of hydrogen-bond donors (Lipinski definition) is 4. The van der Waals surface area contributed by atoms with E-state index in [0.717, 1.165) is 27.8 Å². The molecule has 0 saturated carbocycles. The number of benzene rings is 2. The monoisotopic (exact) mass is 452 g/mol. The highest BCUT2D eigenvalue weighted by Gasteiger charge is 2.22. The second-order valence-corrected chi connectivity index (χ2v) is 8.20. The smallest absolute Gasteiger partial charge is 0.339 e. The summed E-state index contributed by atoms with van der Waals surface area (Å²) < 4.78 is 23.0. The third-order valence-electron chi connectivity index (χ3n) is 3.96. The van der Waals surface area contributed by atoms with E-state index in [0.29, 0.717) is 21.0 Å². The number of hydrogen-bond acceptors (Lipinski definition) is 5. The van der Waals surface area contributed by atoms with Gasteiger partial charge < -0.3 is 15.9 Å². The summed E-state index contributed by atoms with van der Waals surface area (Å²) in [5.41, 5.74) is 6.54. The fourth-order valence-corrected chi connectivity index (χ4v) is 4.63. The van der Waals surface area contributed by atoms with Gasteiger partial charge in [-0.3, -0.25) is 9.35 Å². The molecule has 2 aromatic carbocycles. The van der Waals surface area contributed by atoms with E-state index in [1.165, 1.54) is 18.2 Å². The van der Waals surface area contributed by atoms with Gasteiger partial charge in [-0.2, -0.15) is 0 Å². The number of anilines is 2. The molecule has 11 heteroatoms. The number of thiophene rings is 1. The van der Waals surface area contributed by atoms with Gasteiger partial charge in [0.25, 0.3) is 11.3 Å². The number of nitrogens with zero attached hydrogens (tertiary/aromatic N) is 1. The van der Waals surface area contributed by atoms with E-state index in [1.54, 1.807) is 18.2 Å². The molecule has 3 rings (SSSR count). The van der Waals surface area contributed by atoms with E-state index in [2.05, 4.69) is 0 Å². The minimum Gasteiger partial charge on any atom is -0.507 e. The molecule has 0 aliphatic rings. The fraction of sp³-hybridized carbons (Fsp3) is 0. The highest BCUT2D eigenvalue weighted by molar-refractivity contribution is 7.81. The molecule has 150 valence electrons. The van der Waals surface area contributed by atoms with Crippen molar-refractivity contribution in [1.29, 1.82) is 0 Å². The molecule has 0 spiro atoms. The Labute approximate surface area is 176 Å². The molecule has 1 aromatic heterocycles. The maximum Gasteiger partial charge on any atom is 0.339 e. The number of rotatable bonds is 6. The van der Waals surface area contributed by atoms with Crippen LogP contribution in [0, 0.1) is 0 Å². The molecule has 0 saturated heterocycles. The minimum absolute atomic E-state index is 0.0990. The number of nitrogens with two attached hydrogens (primary N) is 1. The van der Waals surface area contributed by atoms with Crippen LogP contribution in [0.4, 0.5) is 10.7 Å². The van der Waals surface area contributed by atoms with E-state index in [-0.39, 0.29) is 16.3 Å². The largest absolute Gasteiger partial charge is 0.507 e. The van der Waals surface area contributed by atoms with Gasteiger partial charge >= 0.3 is 5.97 Å². The molecule has 0 fully saturated rings. The van der Waals surface area contributed by atoms with Crippen molar-refractivity contribution in [2.75, 3.05) is 4.31 Å². The molecule has 8 nitrogen and oxygen atoms in total. The zero-order valence-corrected chi connectivity index (χ0v) is 16.8. The predicted octanol–water partition coefficient (Wildman–Crippen LogP) is 3.85. The molecule has 1 unspecified atom stereocenters. The number of carboxylic acids is 1. The number of amides is 1. The molecule has 0 aliphatic heterocycles. The Balaban J connectivity index is 2.03. The fourth-order valence-electron chi connectivity index (χ4n) is 2.59. The Hall–Kier alpha value is -2.92. The first-order valence-corrected chi connectivity index (χ1v) is 10.1. The number of carbonyl (C=O) groups excluding carboxylic acids is 1. The third-order valence-corrected chi connectivity index (χ3v) is 6.14. The average molecular weight is 453 g/mol. The Morgan fingerprint density at radius 1 is 1.10 bits per heavy atom. The lowest BCUT2D eigenvalue weighted by Crippen LogP contribution is -2.18. The summed E-state index contributed by atoms with van der Waals surface area (Å²) in [4.78, 5) is 22.3. The number of aromatic hydroxyl groups is 1. The van der Waals surface area contributed by atoms with Crippen LogP contribution in [0.3, 0.4) is 0 Å². The van der Waals surface area contributed by atoms with Crippen LogP contribution in [0.25, 0.3) is 11.1 Å². The van der Waals surface area contributed by atoms with E-state index >= 15 is 0 Å². The Morgan fingerprint density at radius 2 is 1.76 bits per heavy atom. The second kappa shape index (κ2) is 8.21. The first kappa shape index (κ1) is 20.8. The van der Waals surface area contributed by atoms with Crippen LogP contribution in [-0.2, 0) is 11.3 Å². The van der Waals surface area contributed by atoms with E-state index in [9.17, 15) is 23.5 Å². The molecule has 0 radical (unpaired) electrons. The highest BCUT2D eigenvalue weighted by atomic mass is 35.5. The van der Waals surface area contributed by atoms with Gasteiger partial charge in [0.1, 0.15) is 20.7 Å². The molecular formula is C18H13ClN2O6S2. The topological polar surface area (TPSA) is 141 Å². The number of carboxylic acid groups (broad SMARTS) is 1. The predicted molar refractivity (Wildman–Crippen MR) is 111 cm³/mol. The van der Waals surface area contributed by atoms with Crippen molar-refractivity contribution in [2.24, 2.45) is 5.73 Å². The van der Waals surface area contributed by atoms with Crippen molar-refractivity contribution in [2.45, 2.75) is 0 Å². The first-order chi connectivity index (χ1) is 13.7. The Kier molecular flexibility index (Phi) is 5.89. The molecular weight excluding hydrogens is 440 g/mol. The number of primary amides is 1. The maximum absolute atomic E-state index is 12.0. The SMILES string of the molecule is NC(=O)c1ccc(-c2cc(N(c3ccc(C(=O)O)c(O)c3)S(=O)O)sc2Cl)cc1. The van der Waals surface area contributed by atoms with Gasteiger partial charge in [0, 0.05) is 17.2 Å². The number of phenols is 1. The first-order valence-electron chi connectivity index (χ1n) is 7.86. The summed E-state index contributed by atoms with van der Waals surface area (Å²) in [5, 5.41) is 19.2. The van der Waals surface area contributed by atoms with E-state index in [1.807, 2.05) is 0 Å². The zero-order valence-electron chi connectivity index (χ0n) is 14.4. The summed E-state index contributed by atoms with van der Waals surface area (Å²) in [5.74, 6) is -2.44. The van der Waals surface area contributed by atoms with Crippen LogP contribution in [0.5, 0.6) is 5.75 Å². The van der Waals surface area contributed by atoms with Crippen molar-refractivity contribution in [1.82, 2.24) is 0 Å². The summed E-state index contributed by atoms with van der Waals surface area (Å²) in [6, 6.07) is 11.4. The number of halogens is 1. The lowest BCUT2D eigenvalue weighted by Gasteiger charge is -2.18. The highest BCUT2D eigenvalue weighted by Crippen LogP contribution is 2.43. The Bertz CT molecular complexity index is 1130. The minimum atomic E-state index is -2.53. The van der Waals surface area contributed by atoms with Gasteiger partial charge in [0.2, 0.25) is 5.91 Å². The van der Waals surface area contributed by atoms with Gasteiger partial charge in [0.05, 0.1) is 5.69 Å². The molecule has 1 amide bonds. The third kappa shape index (κ3) is 4.25. The lowest BCUT2D eigenvalue weighted by atomic mass is 10.1. The van der Waals surface area contributed by atoms with Gasteiger partial charge in [0.15, 0.2) is 0 Å². The van der Waals surface area contributed by atoms with Crippen LogP contribution in [0.1, 0.15) is 20.7 Å². The summed E-state index contributed by atoms with van der Waals surface area (Å²) in [6.07, 6.45) is 0. The van der Waals surface area contributed by atoms with Crippen LogP contribution in [0.15, 0.2) is 48.5 Å². The van der Waals surface area contributed by atoms with Crippen molar-refractivity contribution < 1.29 is 28.6 Å². The maximum atomic E-state index is 12.0. The van der Waals surface area contributed by atoms with Crippen LogP contribution in [0.2, 0.25) is 4.34 Å². The van der Waals surface area contributed by atoms with Crippen LogP contribution in [-0.4, -0.2) is 30.9 Å². The molecule has 0 bridgehead atoms. The van der Waals surface area contributed by atoms with Crippen LogP contribution < -0.4 is 10.0 Å². The zero-order chi connectivity index (χ0) is 21.3. The van der Waals surface area contributed by atoms with Crippen molar-refractivity contribution >= 4 is 56.8 Å². The van der Waals surface area contributed by atoms with Crippen molar-refractivity contribution in [3.8, 4) is 16.9 Å². The molecule has 5 N–H and O–H groups in total. The molecule has 3 aromatic rings. The van der Waals surface area contributed by atoms with E-state index in [4.69, 9.17) is 22.4 Å². The standard InChI is InChI=1S/C18H13ClN2O6S2/c19-16-13(9-1-3-10(4-2-9)17(20)23)8-15(28-16)21(29(26)27)11-5-6-12(18(24)25)14(22)7-11/h1-8,22H,(H2,20,23)(H,24,25)(H,26,27). The van der Waals surface area contributed by atoms with Gasteiger partial charge in [-0.1, -0.05) is 23.7 Å². The summed E-state index contributed by atoms with van der Waals surface area (Å²) in [7, 11) is 0. The molecule has 1 heterocycles. The van der Waals surface area contributed by atoms with Gasteiger partial charge in [-0.05, 0) is 35.9 Å². The van der Waals surface area contributed by atoms with Gasteiger partial charge in [-0.25, -0.2) is 13.3 Å². The van der Waals surface area contributed by atoms with Crippen LogP contribution >= 0.6 is 22.9 Å². The van der Waals surface area contributed by atoms with E-state index < -0.39 is 28.9 Å². The second-order valence-electron chi connectivity index (χ2n) is 5.75. The number of carbonyl (C=O) groups is 2. The van der Waals surface area contributed by atoms with Crippen molar-refractivity contribution in [3.05, 3.63) is 64.0 Å².